The molecular formula is C34H38FN3O. The van der Waals surface area contributed by atoms with Gasteiger partial charge in [-0.05, 0) is 60.0 Å². The van der Waals surface area contributed by atoms with Crippen LogP contribution in [0.5, 0.6) is 0 Å². The van der Waals surface area contributed by atoms with Crippen LogP contribution in [0.15, 0.2) is 111 Å². The Morgan fingerprint density at radius 3 is 2.69 bits per heavy atom. The fourth-order valence-corrected chi connectivity index (χ4v) is 7.24. The van der Waals surface area contributed by atoms with E-state index in [0.717, 1.165) is 47.7 Å². The minimum Gasteiger partial charge on any atom is -0.470 e. The summed E-state index contributed by atoms with van der Waals surface area (Å²) in [7, 11) is 0. The van der Waals surface area contributed by atoms with Crippen molar-refractivity contribution < 1.29 is 9.13 Å². The first-order valence-electron chi connectivity index (χ1n) is 14.7. The van der Waals surface area contributed by atoms with Crippen LogP contribution in [0, 0.1) is 17.8 Å². The number of hydrogen-bond acceptors (Lipinski definition) is 4. The van der Waals surface area contributed by atoms with Gasteiger partial charge < -0.3 is 15.0 Å². The molecule has 0 aromatic heterocycles. The Balaban J connectivity index is 1.30. The predicted octanol–water partition coefficient (Wildman–Crippen LogP) is 7.12. The van der Waals surface area contributed by atoms with Crippen molar-refractivity contribution in [3.8, 4) is 0 Å². The van der Waals surface area contributed by atoms with Gasteiger partial charge in [0.1, 0.15) is 17.8 Å². The number of dihydropyridines is 1. The van der Waals surface area contributed by atoms with Crippen LogP contribution in [0.25, 0.3) is 0 Å². The van der Waals surface area contributed by atoms with Crippen LogP contribution >= 0.6 is 0 Å². The molecule has 5 atom stereocenters. The molecule has 0 aromatic carbocycles. The fraction of sp³-hybridized carbons (Fsp3) is 0.441. The van der Waals surface area contributed by atoms with Crippen molar-refractivity contribution in [3.63, 3.8) is 0 Å². The average Bonchev–Trinajstić information content (AvgIpc) is 3.49. The van der Waals surface area contributed by atoms with Gasteiger partial charge in [0.2, 0.25) is 0 Å². The molecule has 3 heterocycles. The molecule has 0 spiro atoms. The number of amidine groups is 1. The van der Waals surface area contributed by atoms with E-state index in [1.54, 1.807) is 6.08 Å². The predicted molar refractivity (Wildman–Crippen MR) is 155 cm³/mol. The second-order valence-electron chi connectivity index (χ2n) is 12.3. The van der Waals surface area contributed by atoms with Gasteiger partial charge in [-0.15, -0.1) is 0 Å². The van der Waals surface area contributed by atoms with Gasteiger partial charge in [-0.25, -0.2) is 4.39 Å². The Kier molecular flexibility index (Phi) is 5.94. The third-order valence-corrected chi connectivity index (χ3v) is 9.17. The number of allylic oxidation sites excluding steroid dienone is 9. The Morgan fingerprint density at radius 1 is 1.03 bits per heavy atom. The van der Waals surface area contributed by atoms with Crippen LogP contribution in [0.4, 0.5) is 4.39 Å². The zero-order valence-electron chi connectivity index (χ0n) is 23.3. The first-order chi connectivity index (χ1) is 18.9. The topological polar surface area (TPSA) is 36.9 Å². The molecule has 0 saturated carbocycles. The summed E-state index contributed by atoms with van der Waals surface area (Å²) in [4.78, 5) is 7.92. The second kappa shape index (κ2) is 9.39. The van der Waals surface area contributed by atoms with Crippen LogP contribution in [0.1, 0.15) is 53.4 Å². The summed E-state index contributed by atoms with van der Waals surface area (Å²) in [6, 6.07) is 0.337. The standard InChI is InChI=1S/C34H38FN3O/c1-19(2)23-9-7-10-24(20(3)4)31(23)38-30-14-6-5-13-29(30)36-33(38)26-12-8-11-25-27-18-21-17-22(35)15-16-28(21)37-34(27)39-32(25)26/h5-6,8-9,11-14,17-20,25,28-30,32,37H,7,10,15-16H2,1-4H3. The van der Waals surface area contributed by atoms with E-state index >= 15 is 0 Å². The van der Waals surface area contributed by atoms with Crippen molar-refractivity contribution in [1.82, 2.24) is 10.2 Å². The molecule has 0 saturated heterocycles. The number of nitrogens with one attached hydrogen (secondary N) is 1. The van der Waals surface area contributed by atoms with E-state index < -0.39 is 0 Å². The number of nitrogens with zero attached hydrogens (tertiary/aromatic N) is 2. The fourth-order valence-electron chi connectivity index (χ4n) is 7.24. The largest absolute Gasteiger partial charge is 0.470 e. The average molecular weight is 524 g/mol. The van der Waals surface area contributed by atoms with E-state index in [-0.39, 0.29) is 36.0 Å². The molecule has 202 valence electrons. The third kappa shape index (κ3) is 3.96. The highest BCUT2D eigenvalue weighted by Crippen LogP contribution is 2.46. The second-order valence-corrected chi connectivity index (χ2v) is 12.3. The summed E-state index contributed by atoms with van der Waals surface area (Å²) < 4.78 is 20.8. The lowest BCUT2D eigenvalue weighted by Crippen LogP contribution is -2.43. The Morgan fingerprint density at radius 2 is 1.87 bits per heavy atom. The molecule has 0 amide bonds. The number of halogens is 1. The Bertz CT molecular complexity index is 1410. The smallest absolute Gasteiger partial charge is 0.191 e. The lowest BCUT2D eigenvalue weighted by molar-refractivity contribution is 0.139. The van der Waals surface area contributed by atoms with E-state index in [1.165, 1.54) is 16.8 Å². The van der Waals surface area contributed by atoms with Gasteiger partial charge in [0.25, 0.3) is 0 Å². The molecule has 4 aliphatic carbocycles. The number of rotatable bonds is 4. The van der Waals surface area contributed by atoms with Gasteiger partial charge in [0, 0.05) is 29.2 Å². The van der Waals surface area contributed by atoms with Crippen LogP contribution < -0.4 is 5.32 Å². The van der Waals surface area contributed by atoms with Crippen molar-refractivity contribution >= 4 is 5.84 Å². The molecule has 7 aliphatic rings. The highest BCUT2D eigenvalue weighted by atomic mass is 19.1. The van der Waals surface area contributed by atoms with Gasteiger partial charge in [-0.2, -0.15) is 0 Å². The Hall–Kier alpha value is -3.34. The van der Waals surface area contributed by atoms with E-state index in [0.29, 0.717) is 18.3 Å². The zero-order valence-corrected chi connectivity index (χ0v) is 23.3. The molecule has 7 rings (SSSR count). The number of hydrogen-bond donors (Lipinski definition) is 1. The molecule has 3 aliphatic heterocycles. The summed E-state index contributed by atoms with van der Waals surface area (Å²) >= 11 is 0. The lowest BCUT2D eigenvalue weighted by atomic mass is 9.81. The van der Waals surface area contributed by atoms with E-state index in [9.17, 15) is 4.39 Å². The summed E-state index contributed by atoms with van der Waals surface area (Å²) in [6.07, 6.45) is 25.0. The number of ether oxygens (including phenoxy) is 1. The highest BCUT2D eigenvalue weighted by molar-refractivity contribution is 6.03. The molecule has 39 heavy (non-hydrogen) atoms. The molecule has 0 fully saturated rings. The van der Waals surface area contributed by atoms with Gasteiger partial charge >= 0.3 is 0 Å². The van der Waals surface area contributed by atoms with Crippen LogP contribution in [0.2, 0.25) is 0 Å². The molecule has 0 radical (unpaired) electrons. The monoisotopic (exact) mass is 523 g/mol. The number of fused-ring (bicyclic) bond motifs is 4. The minimum atomic E-state index is -0.161. The van der Waals surface area contributed by atoms with E-state index in [4.69, 9.17) is 9.73 Å². The summed E-state index contributed by atoms with van der Waals surface area (Å²) in [6.45, 7) is 9.27. The molecule has 5 unspecified atom stereocenters. The molecule has 1 N–H and O–H groups in total. The maximum atomic E-state index is 14.1. The Labute approximate surface area is 231 Å². The van der Waals surface area contributed by atoms with Gasteiger partial charge in [0.15, 0.2) is 5.88 Å². The van der Waals surface area contributed by atoms with E-state index in [1.807, 2.05) is 0 Å². The SMILES string of the molecule is CC(C)C1=CCCC(C(C)C)=C1N1C(C2=CC=CC3C4=C(NC5CCC(F)=CC5=C4)OC23)=NC2C=CC=CC21. The van der Waals surface area contributed by atoms with Crippen molar-refractivity contribution in [2.24, 2.45) is 22.7 Å². The van der Waals surface area contributed by atoms with Crippen LogP contribution in [0.3, 0.4) is 0 Å². The van der Waals surface area contributed by atoms with Gasteiger partial charge in [-0.1, -0.05) is 76.3 Å². The molecule has 0 bridgehead atoms. The van der Waals surface area contributed by atoms with Crippen molar-refractivity contribution in [3.05, 3.63) is 106 Å². The third-order valence-electron chi connectivity index (χ3n) is 9.17. The number of aliphatic imine (C=N–C) groups is 1. The van der Waals surface area contributed by atoms with Gasteiger partial charge in [-0.3, -0.25) is 4.99 Å². The summed E-state index contributed by atoms with van der Waals surface area (Å²) in [5, 5.41) is 3.60. The molecule has 0 aromatic rings. The molecular weight excluding hydrogens is 485 g/mol. The highest BCUT2D eigenvalue weighted by Gasteiger charge is 2.47. The maximum Gasteiger partial charge on any atom is 0.191 e. The van der Waals surface area contributed by atoms with Crippen molar-refractivity contribution in [1.29, 1.82) is 0 Å². The first-order valence-corrected chi connectivity index (χ1v) is 14.7. The first kappa shape index (κ1) is 24.7. The normalized spacial score (nSPS) is 32.6. The van der Waals surface area contributed by atoms with Crippen molar-refractivity contribution in [2.75, 3.05) is 0 Å². The van der Waals surface area contributed by atoms with Gasteiger partial charge in [0.05, 0.1) is 18.1 Å². The summed E-state index contributed by atoms with van der Waals surface area (Å²) in [5.41, 5.74) is 7.58. The van der Waals surface area contributed by atoms with Crippen molar-refractivity contribution in [2.45, 2.75) is 77.6 Å². The molecule has 5 heteroatoms. The quantitative estimate of drug-likeness (QED) is 0.426. The molecule has 4 nitrogen and oxygen atoms in total. The van der Waals surface area contributed by atoms with E-state index in [2.05, 4.69) is 92.6 Å². The van der Waals surface area contributed by atoms with Crippen LogP contribution in [-0.2, 0) is 4.74 Å². The lowest BCUT2D eigenvalue weighted by Gasteiger charge is -2.39. The van der Waals surface area contributed by atoms with Crippen LogP contribution in [-0.4, -0.2) is 35.0 Å². The maximum absolute atomic E-state index is 14.1. The minimum absolute atomic E-state index is 0.0334. The zero-order chi connectivity index (χ0) is 26.8. The summed E-state index contributed by atoms with van der Waals surface area (Å²) in [5.74, 6) is 2.80.